The van der Waals surface area contributed by atoms with Gasteiger partial charge in [-0.1, -0.05) is 0 Å². The number of anilines is 2. The lowest BCUT2D eigenvalue weighted by Crippen LogP contribution is -2.31. The maximum atomic E-state index is 12.7. The predicted octanol–water partition coefficient (Wildman–Crippen LogP) is 3.19. The van der Waals surface area contributed by atoms with E-state index in [2.05, 4.69) is 5.32 Å². The summed E-state index contributed by atoms with van der Waals surface area (Å²) in [6.07, 6.45) is 1.01. The molecule has 0 atom stereocenters. The molecule has 0 radical (unpaired) electrons. The fourth-order valence-corrected chi connectivity index (χ4v) is 2.44. The fraction of sp³-hybridized carbons (Fsp3) is 0.529. The van der Waals surface area contributed by atoms with E-state index in [1.165, 1.54) is 0 Å². The fourth-order valence-electron chi connectivity index (χ4n) is 2.31. The van der Waals surface area contributed by atoms with Crippen molar-refractivity contribution in [3.05, 3.63) is 23.8 Å². The van der Waals surface area contributed by atoms with E-state index in [0.717, 1.165) is 5.69 Å². The minimum Gasteiger partial charge on any atom is -0.377 e. The second-order valence-corrected chi connectivity index (χ2v) is 5.82. The first kappa shape index (κ1) is 19.3. The Bertz CT molecular complexity index is 543. The van der Waals surface area contributed by atoms with Crippen LogP contribution in [0.1, 0.15) is 37.0 Å². The molecule has 23 heavy (non-hydrogen) atoms. The molecule has 0 heterocycles. The maximum Gasteiger partial charge on any atom is 0.256 e. The molecule has 0 fully saturated rings. The minimum absolute atomic E-state index is 0.0319. The van der Waals surface area contributed by atoms with Crippen molar-refractivity contribution in [2.24, 2.45) is 0 Å². The third kappa shape index (κ3) is 5.43. The van der Waals surface area contributed by atoms with E-state index in [1.807, 2.05) is 45.0 Å². The second-order valence-electron chi connectivity index (χ2n) is 5.44. The molecule has 1 aromatic rings. The van der Waals surface area contributed by atoms with Crippen molar-refractivity contribution in [1.82, 2.24) is 4.90 Å². The molecule has 0 saturated heterocycles. The number of carbonyl (C=O) groups excluding carboxylic acids is 2. The first-order valence-electron chi connectivity index (χ1n) is 7.91. The molecular formula is C17H26ClN3O2. The highest BCUT2D eigenvalue weighted by molar-refractivity contribution is 6.18. The summed E-state index contributed by atoms with van der Waals surface area (Å²) in [5.41, 5.74) is 2.06. The van der Waals surface area contributed by atoms with Gasteiger partial charge in [0, 0.05) is 50.9 Å². The summed E-state index contributed by atoms with van der Waals surface area (Å²) in [6.45, 7) is 5.20. The van der Waals surface area contributed by atoms with Crippen LogP contribution in [0.4, 0.5) is 11.4 Å². The molecule has 0 saturated carbocycles. The zero-order valence-electron chi connectivity index (χ0n) is 14.4. The van der Waals surface area contributed by atoms with E-state index in [9.17, 15) is 9.59 Å². The Morgan fingerprint density at radius 3 is 2.35 bits per heavy atom. The molecule has 0 aliphatic rings. The average Bonchev–Trinajstić information content (AvgIpc) is 2.53. The Morgan fingerprint density at radius 1 is 1.17 bits per heavy atom. The van der Waals surface area contributed by atoms with Crippen molar-refractivity contribution < 1.29 is 9.59 Å². The Balaban J connectivity index is 3.07. The second kappa shape index (κ2) is 9.40. The lowest BCUT2D eigenvalue weighted by Gasteiger charge is -2.23. The Kier molecular flexibility index (Phi) is 7.89. The topological polar surface area (TPSA) is 52.7 Å². The molecule has 0 aliphatic heterocycles. The number of nitrogens with one attached hydrogen (secondary N) is 1. The van der Waals surface area contributed by atoms with Crippen LogP contribution < -0.4 is 10.2 Å². The standard InChI is InChI=1S/C17H26ClN3O2/c1-5-21(6-2)17(23)14-12-13(9-10-15(14)20(3)4)19-16(22)8-7-11-18/h9-10,12H,5-8,11H2,1-4H3,(H,19,22). The molecular weight excluding hydrogens is 314 g/mol. The normalized spacial score (nSPS) is 10.3. The van der Waals surface area contributed by atoms with Crippen LogP contribution in [0.15, 0.2) is 18.2 Å². The third-order valence-electron chi connectivity index (χ3n) is 3.58. The van der Waals surface area contributed by atoms with Gasteiger partial charge in [-0.15, -0.1) is 11.6 Å². The van der Waals surface area contributed by atoms with E-state index in [1.54, 1.807) is 11.0 Å². The molecule has 0 aliphatic carbocycles. The summed E-state index contributed by atoms with van der Waals surface area (Å²) in [5.74, 6) is 0.332. The average molecular weight is 340 g/mol. The number of amides is 2. The van der Waals surface area contributed by atoms with Crippen LogP contribution >= 0.6 is 11.6 Å². The van der Waals surface area contributed by atoms with Gasteiger partial charge in [-0.3, -0.25) is 9.59 Å². The highest BCUT2D eigenvalue weighted by Gasteiger charge is 2.18. The molecule has 2 amide bonds. The summed E-state index contributed by atoms with van der Waals surface area (Å²) in [5, 5.41) is 2.83. The lowest BCUT2D eigenvalue weighted by molar-refractivity contribution is -0.116. The number of rotatable bonds is 8. The number of benzene rings is 1. The summed E-state index contributed by atoms with van der Waals surface area (Å²) in [7, 11) is 3.79. The molecule has 1 N–H and O–H groups in total. The number of carbonyl (C=O) groups is 2. The molecule has 0 bridgehead atoms. The maximum absolute atomic E-state index is 12.7. The molecule has 6 heteroatoms. The van der Waals surface area contributed by atoms with Crippen LogP contribution in [0.3, 0.4) is 0 Å². The van der Waals surface area contributed by atoms with Gasteiger partial charge < -0.3 is 15.1 Å². The van der Waals surface area contributed by atoms with Gasteiger partial charge in [0.25, 0.3) is 5.91 Å². The molecule has 0 spiro atoms. The number of nitrogens with zero attached hydrogens (tertiary/aromatic N) is 2. The van der Waals surface area contributed by atoms with Gasteiger partial charge in [0.2, 0.25) is 5.91 Å². The van der Waals surface area contributed by atoms with Gasteiger partial charge >= 0.3 is 0 Å². The number of alkyl halides is 1. The first-order chi connectivity index (χ1) is 10.9. The van der Waals surface area contributed by atoms with Crippen LogP contribution in [-0.2, 0) is 4.79 Å². The van der Waals surface area contributed by atoms with E-state index in [-0.39, 0.29) is 11.8 Å². The van der Waals surface area contributed by atoms with Crippen molar-refractivity contribution in [2.45, 2.75) is 26.7 Å². The summed E-state index contributed by atoms with van der Waals surface area (Å²) in [4.78, 5) is 28.2. The Hall–Kier alpha value is -1.75. The van der Waals surface area contributed by atoms with Crippen molar-refractivity contribution in [2.75, 3.05) is 43.3 Å². The van der Waals surface area contributed by atoms with Crippen LogP contribution in [-0.4, -0.2) is 49.8 Å². The molecule has 128 valence electrons. The van der Waals surface area contributed by atoms with Gasteiger partial charge in [0.05, 0.1) is 5.56 Å². The quantitative estimate of drug-likeness (QED) is 0.740. The highest BCUT2D eigenvalue weighted by Crippen LogP contribution is 2.24. The Labute approximate surface area is 143 Å². The van der Waals surface area contributed by atoms with Crippen molar-refractivity contribution in [3.8, 4) is 0 Å². The third-order valence-corrected chi connectivity index (χ3v) is 3.85. The van der Waals surface area contributed by atoms with E-state index in [4.69, 9.17) is 11.6 Å². The van der Waals surface area contributed by atoms with Crippen molar-refractivity contribution in [1.29, 1.82) is 0 Å². The van der Waals surface area contributed by atoms with Crippen LogP contribution in [0.5, 0.6) is 0 Å². The van der Waals surface area contributed by atoms with Gasteiger partial charge in [0.1, 0.15) is 0 Å². The molecule has 0 aromatic heterocycles. The highest BCUT2D eigenvalue weighted by atomic mass is 35.5. The summed E-state index contributed by atoms with van der Waals surface area (Å²) < 4.78 is 0. The van der Waals surface area contributed by atoms with Gasteiger partial charge in [-0.2, -0.15) is 0 Å². The predicted molar refractivity (Wildman–Crippen MR) is 96.6 cm³/mol. The van der Waals surface area contributed by atoms with E-state index >= 15 is 0 Å². The number of hydrogen-bond donors (Lipinski definition) is 1. The molecule has 1 aromatic carbocycles. The van der Waals surface area contributed by atoms with Crippen LogP contribution in [0.2, 0.25) is 0 Å². The van der Waals surface area contributed by atoms with Crippen molar-refractivity contribution in [3.63, 3.8) is 0 Å². The zero-order chi connectivity index (χ0) is 17.4. The molecule has 5 nitrogen and oxygen atoms in total. The molecule has 1 rings (SSSR count). The SMILES string of the molecule is CCN(CC)C(=O)c1cc(NC(=O)CCCCl)ccc1N(C)C. The minimum atomic E-state index is -0.0931. The van der Waals surface area contributed by atoms with Crippen LogP contribution in [0, 0.1) is 0 Å². The van der Waals surface area contributed by atoms with Gasteiger partial charge in [-0.05, 0) is 38.5 Å². The monoisotopic (exact) mass is 339 g/mol. The van der Waals surface area contributed by atoms with Crippen molar-refractivity contribution >= 4 is 34.8 Å². The smallest absolute Gasteiger partial charge is 0.256 e. The van der Waals surface area contributed by atoms with Gasteiger partial charge in [0.15, 0.2) is 0 Å². The van der Waals surface area contributed by atoms with Crippen LogP contribution in [0.25, 0.3) is 0 Å². The van der Waals surface area contributed by atoms with E-state index < -0.39 is 0 Å². The zero-order valence-corrected chi connectivity index (χ0v) is 15.1. The van der Waals surface area contributed by atoms with Gasteiger partial charge in [-0.25, -0.2) is 0 Å². The lowest BCUT2D eigenvalue weighted by atomic mass is 10.1. The number of hydrogen-bond acceptors (Lipinski definition) is 3. The summed E-state index contributed by atoms with van der Waals surface area (Å²) >= 11 is 5.60. The summed E-state index contributed by atoms with van der Waals surface area (Å²) in [6, 6.07) is 5.41. The largest absolute Gasteiger partial charge is 0.377 e. The first-order valence-corrected chi connectivity index (χ1v) is 8.44. The number of halogens is 1. The van der Waals surface area contributed by atoms with E-state index in [0.29, 0.717) is 43.1 Å². The Morgan fingerprint density at radius 2 is 1.83 bits per heavy atom. The molecule has 0 unspecified atom stereocenters.